The lowest BCUT2D eigenvalue weighted by Gasteiger charge is -2.37. The van der Waals surface area contributed by atoms with Gasteiger partial charge in [-0.25, -0.2) is 8.78 Å². The largest absolute Gasteiger partial charge is 0.481 e. The van der Waals surface area contributed by atoms with Gasteiger partial charge in [0.05, 0.1) is 4.92 Å². The number of anilines is 1. The Morgan fingerprint density at radius 3 is 2.46 bits per heavy atom. The number of carbonyl (C=O) groups excluding carboxylic acids is 1. The zero-order chi connectivity index (χ0) is 20.3. The highest BCUT2D eigenvalue weighted by Gasteiger charge is 2.26. The Balaban J connectivity index is 1.57. The van der Waals surface area contributed by atoms with Gasteiger partial charge >= 0.3 is 0 Å². The summed E-state index contributed by atoms with van der Waals surface area (Å²) in [6.45, 7) is 3.44. The lowest BCUT2D eigenvalue weighted by atomic mass is 10.2. The van der Waals surface area contributed by atoms with Crippen LogP contribution < -0.4 is 9.64 Å². The van der Waals surface area contributed by atoms with Gasteiger partial charge in [-0.2, -0.15) is 0 Å². The van der Waals surface area contributed by atoms with Crippen molar-refractivity contribution in [2.45, 2.75) is 13.0 Å². The standard InChI is InChI=1S/C19H19F2N3O4/c1-13(28-16-5-6-17(20)18(21)12-16)19(25)23-9-7-22(8-10-23)14-3-2-4-15(11-14)24(26)27/h2-6,11-13H,7-10H2,1H3. The molecule has 0 radical (unpaired) electrons. The molecule has 7 nitrogen and oxygen atoms in total. The summed E-state index contributed by atoms with van der Waals surface area (Å²) in [5, 5.41) is 10.9. The van der Waals surface area contributed by atoms with Crippen molar-refractivity contribution in [1.29, 1.82) is 0 Å². The molecular formula is C19H19F2N3O4. The zero-order valence-electron chi connectivity index (χ0n) is 15.2. The number of ether oxygens (including phenoxy) is 1. The molecule has 0 spiro atoms. The van der Waals surface area contributed by atoms with E-state index in [4.69, 9.17) is 4.74 Å². The second-order valence-electron chi connectivity index (χ2n) is 6.43. The van der Waals surface area contributed by atoms with Crippen molar-refractivity contribution < 1.29 is 23.2 Å². The maximum absolute atomic E-state index is 13.3. The molecule has 28 heavy (non-hydrogen) atoms. The third-order valence-corrected chi connectivity index (χ3v) is 4.55. The molecule has 1 heterocycles. The van der Waals surface area contributed by atoms with Gasteiger partial charge in [0.2, 0.25) is 0 Å². The molecule has 148 valence electrons. The molecule has 1 unspecified atom stereocenters. The van der Waals surface area contributed by atoms with Crippen molar-refractivity contribution in [1.82, 2.24) is 4.90 Å². The molecule has 2 aromatic carbocycles. The number of rotatable bonds is 5. The van der Waals surface area contributed by atoms with Crippen LogP contribution in [0.25, 0.3) is 0 Å². The van der Waals surface area contributed by atoms with Gasteiger partial charge in [0.1, 0.15) is 5.75 Å². The Bertz CT molecular complexity index is 885. The fourth-order valence-electron chi connectivity index (χ4n) is 3.05. The van der Waals surface area contributed by atoms with E-state index in [-0.39, 0.29) is 17.3 Å². The number of carbonyl (C=O) groups is 1. The van der Waals surface area contributed by atoms with E-state index in [1.54, 1.807) is 24.0 Å². The lowest BCUT2D eigenvalue weighted by Crippen LogP contribution is -2.52. The van der Waals surface area contributed by atoms with E-state index in [0.29, 0.717) is 26.2 Å². The number of nitrogens with zero attached hydrogens (tertiary/aromatic N) is 3. The molecule has 1 fully saturated rings. The minimum atomic E-state index is -1.04. The van der Waals surface area contributed by atoms with Crippen LogP contribution in [-0.4, -0.2) is 48.0 Å². The fourth-order valence-corrected chi connectivity index (χ4v) is 3.05. The van der Waals surface area contributed by atoms with Crippen LogP contribution in [0, 0.1) is 21.7 Å². The molecule has 3 rings (SSSR count). The molecule has 1 aliphatic rings. The van der Waals surface area contributed by atoms with Crippen molar-refractivity contribution in [3.63, 3.8) is 0 Å². The van der Waals surface area contributed by atoms with Crippen LogP contribution in [0.1, 0.15) is 6.92 Å². The third-order valence-electron chi connectivity index (χ3n) is 4.55. The summed E-state index contributed by atoms with van der Waals surface area (Å²) < 4.78 is 31.7. The van der Waals surface area contributed by atoms with Crippen LogP contribution in [0.2, 0.25) is 0 Å². The molecule has 1 saturated heterocycles. The molecule has 2 aromatic rings. The highest BCUT2D eigenvalue weighted by Crippen LogP contribution is 2.23. The summed E-state index contributed by atoms with van der Waals surface area (Å²) in [6.07, 6.45) is -0.853. The molecule has 0 N–H and O–H groups in total. The average molecular weight is 391 g/mol. The molecule has 0 bridgehead atoms. The smallest absolute Gasteiger partial charge is 0.271 e. The minimum absolute atomic E-state index is 0.0181. The quantitative estimate of drug-likeness (QED) is 0.579. The summed E-state index contributed by atoms with van der Waals surface area (Å²) in [5.74, 6) is -2.20. The van der Waals surface area contributed by atoms with Gasteiger partial charge in [-0.1, -0.05) is 6.07 Å². The molecule has 1 aliphatic heterocycles. The van der Waals surface area contributed by atoms with Gasteiger partial charge in [0.25, 0.3) is 11.6 Å². The normalized spacial score (nSPS) is 15.2. The van der Waals surface area contributed by atoms with Gasteiger partial charge in [-0.15, -0.1) is 0 Å². The number of benzene rings is 2. The van der Waals surface area contributed by atoms with Crippen LogP contribution in [0.3, 0.4) is 0 Å². The van der Waals surface area contributed by atoms with Crippen LogP contribution in [0.4, 0.5) is 20.2 Å². The van der Waals surface area contributed by atoms with E-state index < -0.39 is 22.7 Å². The van der Waals surface area contributed by atoms with Crippen LogP contribution in [0.5, 0.6) is 5.75 Å². The second kappa shape index (κ2) is 8.20. The monoisotopic (exact) mass is 391 g/mol. The first-order chi connectivity index (χ1) is 13.3. The van der Waals surface area contributed by atoms with Gasteiger partial charge in [0.15, 0.2) is 17.7 Å². The number of nitro benzene ring substituents is 1. The van der Waals surface area contributed by atoms with Crippen molar-refractivity contribution in [2.75, 3.05) is 31.1 Å². The highest BCUT2D eigenvalue weighted by atomic mass is 19.2. The van der Waals surface area contributed by atoms with Crippen LogP contribution in [-0.2, 0) is 4.79 Å². The number of non-ortho nitro benzene ring substituents is 1. The predicted molar refractivity (Wildman–Crippen MR) is 98.3 cm³/mol. The Hall–Kier alpha value is -3.23. The topological polar surface area (TPSA) is 75.9 Å². The number of piperazine rings is 1. The summed E-state index contributed by atoms with van der Waals surface area (Å²) >= 11 is 0. The predicted octanol–water partition coefficient (Wildman–Crippen LogP) is 2.99. The summed E-state index contributed by atoms with van der Waals surface area (Å²) in [4.78, 5) is 26.6. The average Bonchev–Trinajstić information content (AvgIpc) is 2.70. The van der Waals surface area contributed by atoms with Crippen LogP contribution in [0.15, 0.2) is 42.5 Å². The summed E-state index contributed by atoms with van der Waals surface area (Å²) in [6, 6.07) is 9.47. The number of hydrogen-bond donors (Lipinski definition) is 0. The SMILES string of the molecule is CC(Oc1ccc(F)c(F)c1)C(=O)N1CCN(c2cccc([N+](=O)[O-])c2)CC1. The second-order valence-corrected chi connectivity index (χ2v) is 6.43. The first-order valence-corrected chi connectivity index (χ1v) is 8.75. The van der Waals surface area contributed by atoms with E-state index in [1.807, 2.05) is 4.90 Å². The van der Waals surface area contributed by atoms with E-state index in [1.165, 1.54) is 18.2 Å². The summed E-state index contributed by atoms with van der Waals surface area (Å²) in [5.41, 5.74) is 0.747. The van der Waals surface area contributed by atoms with E-state index in [9.17, 15) is 23.7 Å². The number of nitro groups is 1. The van der Waals surface area contributed by atoms with Gasteiger partial charge < -0.3 is 14.5 Å². The first kappa shape index (κ1) is 19.5. The third kappa shape index (κ3) is 4.36. The Kier molecular flexibility index (Phi) is 5.72. The van der Waals surface area contributed by atoms with E-state index in [2.05, 4.69) is 0 Å². The highest BCUT2D eigenvalue weighted by molar-refractivity contribution is 5.81. The molecule has 9 heteroatoms. The Morgan fingerprint density at radius 1 is 1.11 bits per heavy atom. The zero-order valence-corrected chi connectivity index (χ0v) is 15.2. The van der Waals surface area contributed by atoms with Gasteiger partial charge in [-0.05, 0) is 25.1 Å². The summed E-state index contributed by atoms with van der Waals surface area (Å²) in [7, 11) is 0. The fraction of sp³-hybridized carbons (Fsp3) is 0.316. The van der Waals surface area contributed by atoms with E-state index >= 15 is 0 Å². The molecule has 0 aliphatic carbocycles. The van der Waals surface area contributed by atoms with Crippen molar-refractivity contribution in [3.05, 3.63) is 64.2 Å². The van der Waals surface area contributed by atoms with Crippen molar-refractivity contribution in [3.8, 4) is 5.75 Å². The number of halogens is 2. The maximum Gasteiger partial charge on any atom is 0.271 e. The van der Waals surface area contributed by atoms with Gasteiger partial charge in [-0.3, -0.25) is 14.9 Å². The Labute approximate surface area is 160 Å². The van der Waals surface area contributed by atoms with Gasteiger partial charge in [0, 0.05) is 50.1 Å². The molecule has 1 atom stereocenters. The molecular weight excluding hydrogens is 372 g/mol. The maximum atomic E-state index is 13.3. The molecule has 0 aromatic heterocycles. The lowest BCUT2D eigenvalue weighted by molar-refractivity contribution is -0.384. The van der Waals surface area contributed by atoms with Crippen LogP contribution >= 0.6 is 0 Å². The van der Waals surface area contributed by atoms with Crippen molar-refractivity contribution in [2.24, 2.45) is 0 Å². The Morgan fingerprint density at radius 2 is 1.82 bits per heavy atom. The first-order valence-electron chi connectivity index (χ1n) is 8.75. The molecule has 0 saturated carbocycles. The minimum Gasteiger partial charge on any atom is -0.481 e. The number of hydrogen-bond acceptors (Lipinski definition) is 5. The number of amides is 1. The van der Waals surface area contributed by atoms with Crippen molar-refractivity contribution >= 4 is 17.3 Å². The van der Waals surface area contributed by atoms with E-state index in [0.717, 1.165) is 17.8 Å². The molecule has 1 amide bonds.